The van der Waals surface area contributed by atoms with Crippen LogP contribution < -0.4 is 14.9 Å². The van der Waals surface area contributed by atoms with Crippen molar-refractivity contribution in [2.45, 2.75) is 6.92 Å². The fourth-order valence-electron chi connectivity index (χ4n) is 2.56. The number of halogens is 2. The molecule has 0 aliphatic heterocycles. The van der Waals surface area contributed by atoms with E-state index in [1.807, 2.05) is 13.0 Å². The zero-order valence-corrected chi connectivity index (χ0v) is 18.0. The molecule has 3 rings (SSSR count). The van der Waals surface area contributed by atoms with Gasteiger partial charge in [-0.1, -0.05) is 41.4 Å². The molecule has 0 aliphatic rings. The van der Waals surface area contributed by atoms with Gasteiger partial charge in [-0.15, -0.1) is 0 Å². The number of ether oxygens (including phenoxy) is 2. The molecule has 0 radical (unpaired) electrons. The Hall–Kier alpha value is -3.35. The first kappa shape index (κ1) is 22.3. The summed E-state index contributed by atoms with van der Waals surface area (Å²) in [5.74, 6) is -0.260. The molecular formula is C23H18Cl2N2O4. The summed E-state index contributed by atoms with van der Waals surface area (Å²) in [5.41, 5.74) is 3.81. The quantitative estimate of drug-likeness (QED) is 0.224. The van der Waals surface area contributed by atoms with Gasteiger partial charge in [-0.05, 0) is 61.0 Å². The van der Waals surface area contributed by atoms with E-state index in [2.05, 4.69) is 10.5 Å². The van der Waals surface area contributed by atoms with Crippen molar-refractivity contribution >= 4 is 41.3 Å². The van der Waals surface area contributed by atoms with Crippen LogP contribution >= 0.6 is 23.2 Å². The number of carbonyl (C=O) groups excluding carboxylic acids is 2. The van der Waals surface area contributed by atoms with Crippen LogP contribution in [-0.4, -0.2) is 24.7 Å². The fraction of sp³-hybridized carbons (Fsp3) is 0.0870. The van der Waals surface area contributed by atoms with Crippen molar-refractivity contribution in [1.29, 1.82) is 0 Å². The topological polar surface area (TPSA) is 77.0 Å². The normalized spacial score (nSPS) is 10.7. The molecule has 1 N–H and O–H groups in total. The van der Waals surface area contributed by atoms with E-state index in [4.69, 9.17) is 32.7 Å². The van der Waals surface area contributed by atoms with Crippen LogP contribution in [0.25, 0.3) is 0 Å². The average molecular weight is 457 g/mol. The molecule has 1 amide bonds. The lowest BCUT2D eigenvalue weighted by atomic mass is 10.2. The van der Waals surface area contributed by atoms with Crippen molar-refractivity contribution in [2.24, 2.45) is 5.10 Å². The molecule has 0 fully saturated rings. The number of hydrogen-bond acceptors (Lipinski definition) is 5. The maximum atomic E-state index is 12.3. The zero-order chi connectivity index (χ0) is 22.2. The second kappa shape index (κ2) is 10.6. The van der Waals surface area contributed by atoms with Crippen molar-refractivity contribution in [2.75, 3.05) is 6.61 Å². The molecule has 0 heterocycles. The van der Waals surface area contributed by atoms with Gasteiger partial charge in [0.1, 0.15) is 0 Å². The Kier molecular flexibility index (Phi) is 7.65. The highest BCUT2D eigenvalue weighted by molar-refractivity contribution is 6.42. The highest BCUT2D eigenvalue weighted by Gasteiger charge is 2.13. The minimum Gasteiger partial charge on any atom is -0.490 e. The van der Waals surface area contributed by atoms with E-state index in [-0.39, 0.29) is 10.8 Å². The summed E-state index contributed by atoms with van der Waals surface area (Å²) < 4.78 is 11.0. The van der Waals surface area contributed by atoms with Gasteiger partial charge in [-0.3, -0.25) is 4.79 Å². The molecule has 158 valence electrons. The van der Waals surface area contributed by atoms with Crippen LogP contribution in [0.15, 0.2) is 71.8 Å². The summed E-state index contributed by atoms with van der Waals surface area (Å²) in [5, 5.41) is 4.58. The van der Waals surface area contributed by atoms with E-state index < -0.39 is 11.9 Å². The summed E-state index contributed by atoms with van der Waals surface area (Å²) in [6.07, 6.45) is 1.45. The highest BCUT2D eigenvalue weighted by Crippen LogP contribution is 2.29. The Bertz CT molecular complexity index is 1120. The number of hydrogen-bond donors (Lipinski definition) is 1. The van der Waals surface area contributed by atoms with Gasteiger partial charge in [0.15, 0.2) is 11.5 Å². The van der Waals surface area contributed by atoms with Gasteiger partial charge in [0.2, 0.25) is 0 Å². The number of carbonyl (C=O) groups is 2. The molecule has 0 saturated heterocycles. The van der Waals surface area contributed by atoms with Crippen LogP contribution in [0.5, 0.6) is 11.5 Å². The second-order valence-electron chi connectivity index (χ2n) is 6.22. The lowest BCUT2D eigenvalue weighted by Crippen LogP contribution is -2.17. The Morgan fingerprint density at radius 1 is 0.935 bits per heavy atom. The largest absolute Gasteiger partial charge is 0.490 e. The molecule has 0 bridgehead atoms. The molecule has 3 aromatic rings. The molecule has 31 heavy (non-hydrogen) atoms. The number of nitrogens with one attached hydrogen (secondary N) is 1. The molecule has 6 nitrogen and oxygen atoms in total. The third-order valence-electron chi connectivity index (χ3n) is 4.04. The van der Waals surface area contributed by atoms with Crippen LogP contribution in [-0.2, 0) is 0 Å². The van der Waals surface area contributed by atoms with Gasteiger partial charge in [0.25, 0.3) is 5.91 Å². The smallest absolute Gasteiger partial charge is 0.343 e. The second-order valence-corrected chi connectivity index (χ2v) is 7.04. The summed E-state index contributed by atoms with van der Waals surface area (Å²) in [4.78, 5) is 24.5. The SMILES string of the molecule is CCOc1cc(C=NNC(=O)c2ccc(Cl)c(Cl)c2)ccc1OC(=O)c1ccccc1. The van der Waals surface area contributed by atoms with E-state index >= 15 is 0 Å². The van der Waals surface area contributed by atoms with Crippen LogP contribution in [0.4, 0.5) is 0 Å². The van der Waals surface area contributed by atoms with Crippen molar-refractivity contribution in [1.82, 2.24) is 5.43 Å². The molecule has 3 aromatic carbocycles. The van der Waals surface area contributed by atoms with Crippen molar-refractivity contribution in [3.63, 3.8) is 0 Å². The van der Waals surface area contributed by atoms with E-state index in [9.17, 15) is 9.59 Å². The molecule has 0 aromatic heterocycles. The number of esters is 1. The Morgan fingerprint density at radius 2 is 1.71 bits per heavy atom. The Labute approximate surface area is 189 Å². The maximum absolute atomic E-state index is 12.3. The molecule has 0 saturated carbocycles. The first-order chi connectivity index (χ1) is 15.0. The number of rotatable bonds is 7. The highest BCUT2D eigenvalue weighted by atomic mass is 35.5. The molecule has 8 heteroatoms. The summed E-state index contributed by atoms with van der Waals surface area (Å²) >= 11 is 11.8. The van der Waals surface area contributed by atoms with E-state index in [1.54, 1.807) is 48.5 Å². The Morgan fingerprint density at radius 3 is 2.42 bits per heavy atom. The van der Waals surface area contributed by atoms with Crippen molar-refractivity contribution < 1.29 is 19.1 Å². The monoisotopic (exact) mass is 456 g/mol. The number of benzene rings is 3. The summed E-state index contributed by atoms with van der Waals surface area (Å²) in [6, 6.07) is 18.1. The zero-order valence-electron chi connectivity index (χ0n) is 16.5. The van der Waals surface area contributed by atoms with Gasteiger partial charge < -0.3 is 9.47 Å². The van der Waals surface area contributed by atoms with Gasteiger partial charge in [-0.25, -0.2) is 10.2 Å². The molecule has 0 unspecified atom stereocenters. The predicted octanol–water partition coefficient (Wildman–Crippen LogP) is 5.38. The average Bonchev–Trinajstić information content (AvgIpc) is 2.78. The number of amides is 1. The van der Waals surface area contributed by atoms with E-state index in [1.165, 1.54) is 18.3 Å². The van der Waals surface area contributed by atoms with Gasteiger partial charge in [0, 0.05) is 5.56 Å². The molecular weight excluding hydrogens is 439 g/mol. The van der Waals surface area contributed by atoms with Gasteiger partial charge >= 0.3 is 5.97 Å². The molecule has 0 spiro atoms. The minimum absolute atomic E-state index is 0.278. The minimum atomic E-state index is -0.489. The van der Waals surface area contributed by atoms with Crippen molar-refractivity contribution in [3.05, 3.63) is 93.5 Å². The lowest BCUT2D eigenvalue weighted by molar-refractivity contribution is 0.0728. The summed E-state index contributed by atoms with van der Waals surface area (Å²) in [7, 11) is 0. The first-order valence-corrected chi connectivity index (χ1v) is 10.1. The number of nitrogens with zero attached hydrogens (tertiary/aromatic N) is 1. The van der Waals surface area contributed by atoms with Crippen LogP contribution in [0.1, 0.15) is 33.2 Å². The van der Waals surface area contributed by atoms with Crippen LogP contribution in [0.3, 0.4) is 0 Å². The number of hydrazone groups is 1. The van der Waals surface area contributed by atoms with E-state index in [0.29, 0.717) is 34.1 Å². The third kappa shape index (κ3) is 6.07. The lowest BCUT2D eigenvalue weighted by Gasteiger charge is -2.11. The van der Waals surface area contributed by atoms with Gasteiger partial charge in [0.05, 0.1) is 28.4 Å². The standard InChI is InChI=1S/C23H18Cl2N2O4/c1-2-30-21-12-15(8-11-20(21)31-23(29)16-6-4-3-5-7-16)14-26-27-22(28)17-9-10-18(24)19(25)13-17/h3-14H,2H2,1H3,(H,27,28). The Balaban J connectivity index is 1.70. The van der Waals surface area contributed by atoms with E-state index in [0.717, 1.165) is 0 Å². The maximum Gasteiger partial charge on any atom is 0.343 e. The van der Waals surface area contributed by atoms with Crippen molar-refractivity contribution in [3.8, 4) is 11.5 Å². The summed E-state index contributed by atoms with van der Waals surface area (Å²) in [6.45, 7) is 2.20. The third-order valence-corrected chi connectivity index (χ3v) is 4.78. The predicted molar refractivity (Wildman–Crippen MR) is 121 cm³/mol. The van der Waals surface area contributed by atoms with Gasteiger partial charge in [-0.2, -0.15) is 5.10 Å². The molecule has 0 aliphatic carbocycles. The fourth-order valence-corrected chi connectivity index (χ4v) is 2.86. The van der Waals surface area contributed by atoms with Crippen LogP contribution in [0.2, 0.25) is 10.0 Å². The first-order valence-electron chi connectivity index (χ1n) is 9.30. The molecule has 0 atom stereocenters. The van der Waals surface area contributed by atoms with Crippen LogP contribution in [0, 0.1) is 0 Å².